The van der Waals surface area contributed by atoms with Crippen LogP contribution in [0, 0.1) is 36.3 Å². The third-order valence-corrected chi connectivity index (χ3v) is 11.4. The Morgan fingerprint density at radius 3 is 1.31 bits per heavy atom. The molecule has 5 N–H and O–H groups in total. The summed E-state index contributed by atoms with van der Waals surface area (Å²) in [5.41, 5.74) is 1.21. The van der Waals surface area contributed by atoms with Crippen molar-refractivity contribution < 1.29 is 47.4 Å². The first kappa shape index (κ1) is 53.8. The normalized spacial score (nSPS) is 11.4. The SMILES string of the molecule is Cc1c(F)cc(C(=O)O)cc1-c1ccc(C(=O)NCC(C)(C)C)cc1C(=O)Nc1nccs1.Cc1c(F)cc(C(=O)OC(C)(C)C)cc1-c1ccc(C(=O)NCC(C)(C)C)cc1C(=O)Nc1nccs1. The average molecular weight is 995 g/mol. The molecule has 14 nitrogen and oxygen atoms in total. The van der Waals surface area contributed by atoms with E-state index in [0.29, 0.717) is 40.0 Å². The number of aromatic carboxylic acids is 1. The van der Waals surface area contributed by atoms with E-state index in [9.17, 15) is 42.7 Å². The molecule has 0 unspecified atom stereocenters. The van der Waals surface area contributed by atoms with Crippen LogP contribution in [-0.2, 0) is 4.74 Å². The van der Waals surface area contributed by atoms with Gasteiger partial charge in [-0.05, 0) is 127 Å². The molecule has 0 aliphatic heterocycles. The molecule has 6 rings (SSSR count). The third kappa shape index (κ3) is 14.7. The molecule has 0 aliphatic carbocycles. The van der Waals surface area contributed by atoms with E-state index in [0.717, 1.165) is 12.1 Å². The van der Waals surface area contributed by atoms with Gasteiger partial charge in [-0.25, -0.2) is 28.3 Å². The van der Waals surface area contributed by atoms with Gasteiger partial charge in [-0.2, -0.15) is 0 Å². The molecule has 368 valence electrons. The standard InChI is InChI=1S/C28H32FN3O4S.C24H24FN3O4S/c1-16-20(13-18(14-22(16)29)25(35)36-28(5,6)7)19-9-8-17(23(33)31-15-27(2,3)4)12-21(19)24(34)32-26-30-10-11-37-26;1-13-17(10-15(22(31)32)11-19(13)25)16-6-5-14(20(29)27-12-24(2,3)4)9-18(16)21(30)28-23-26-7-8-33-23/h8-14H,15H2,1-7H3,(H,31,33)(H,30,32,34);5-11H,12H2,1-4H3,(H,27,29)(H,31,32)(H,26,28,30). The van der Waals surface area contributed by atoms with Crippen LogP contribution >= 0.6 is 22.7 Å². The van der Waals surface area contributed by atoms with Crippen molar-refractivity contribution in [3.63, 3.8) is 0 Å². The molecular formula is C52H56F2N6O8S2. The maximum absolute atomic E-state index is 15.0. The predicted molar refractivity (Wildman–Crippen MR) is 269 cm³/mol. The number of nitrogens with zero attached hydrogens (tertiary/aromatic N) is 2. The van der Waals surface area contributed by atoms with Crippen LogP contribution in [-0.4, -0.2) is 69.3 Å². The molecular weight excluding hydrogens is 939 g/mol. The first-order valence-corrected chi connectivity index (χ1v) is 23.7. The zero-order valence-electron chi connectivity index (χ0n) is 40.8. The number of amides is 4. The van der Waals surface area contributed by atoms with Gasteiger partial charge in [0.05, 0.1) is 11.1 Å². The number of benzene rings is 4. The number of carbonyl (C=O) groups is 6. The molecule has 0 bridgehead atoms. The van der Waals surface area contributed by atoms with E-state index >= 15 is 0 Å². The lowest BCUT2D eigenvalue weighted by atomic mass is 9.91. The van der Waals surface area contributed by atoms with Crippen molar-refractivity contribution in [2.75, 3.05) is 23.7 Å². The fourth-order valence-electron chi connectivity index (χ4n) is 6.51. The number of rotatable bonds is 12. The van der Waals surface area contributed by atoms with E-state index in [-0.39, 0.29) is 72.7 Å². The highest BCUT2D eigenvalue weighted by Crippen LogP contribution is 2.34. The first-order valence-electron chi connectivity index (χ1n) is 21.9. The minimum Gasteiger partial charge on any atom is -0.478 e. The van der Waals surface area contributed by atoms with Gasteiger partial charge in [0.2, 0.25) is 0 Å². The Bertz CT molecular complexity index is 2940. The molecule has 0 saturated carbocycles. The summed E-state index contributed by atoms with van der Waals surface area (Å²) in [6.07, 6.45) is 3.09. The molecule has 2 heterocycles. The van der Waals surface area contributed by atoms with Crippen molar-refractivity contribution >= 4 is 68.5 Å². The molecule has 2 aromatic heterocycles. The summed E-state index contributed by atoms with van der Waals surface area (Å²) in [7, 11) is 0. The molecule has 0 atom stereocenters. The summed E-state index contributed by atoms with van der Waals surface area (Å²) in [6.45, 7) is 21.0. The maximum Gasteiger partial charge on any atom is 0.338 e. The monoisotopic (exact) mass is 994 g/mol. The lowest BCUT2D eigenvalue weighted by molar-refractivity contribution is 0.00683. The smallest absolute Gasteiger partial charge is 0.338 e. The summed E-state index contributed by atoms with van der Waals surface area (Å²) in [5, 5.41) is 24.6. The summed E-state index contributed by atoms with van der Waals surface area (Å²) in [5.74, 6) is -5.05. The highest BCUT2D eigenvalue weighted by atomic mass is 32.1. The highest BCUT2D eigenvalue weighted by Gasteiger charge is 2.26. The summed E-state index contributed by atoms with van der Waals surface area (Å²) >= 11 is 2.46. The molecule has 0 fully saturated rings. The van der Waals surface area contributed by atoms with Crippen LogP contribution < -0.4 is 21.3 Å². The van der Waals surface area contributed by atoms with Crippen LogP contribution in [0.1, 0.15) is 136 Å². The fourth-order valence-corrected chi connectivity index (χ4v) is 7.55. The molecule has 4 amide bonds. The number of anilines is 2. The lowest BCUT2D eigenvalue weighted by Gasteiger charge is -2.21. The average Bonchev–Trinajstić information content (AvgIpc) is 4.00. The van der Waals surface area contributed by atoms with Crippen molar-refractivity contribution in [1.82, 2.24) is 20.6 Å². The second-order valence-electron chi connectivity index (χ2n) is 19.7. The van der Waals surface area contributed by atoms with Crippen molar-refractivity contribution in [3.05, 3.63) is 140 Å². The minimum atomic E-state index is -1.29. The van der Waals surface area contributed by atoms with E-state index in [1.165, 1.54) is 72.2 Å². The number of nitrogens with one attached hydrogen (secondary N) is 4. The number of carboxylic acids is 1. The number of hydrogen-bond acceptors (Lipinski definition) is 11. The van der Waals surface area contributed by atoms with Crippen molar-refractivity contribution in [2.24, 2.45) is 10.8 Å². The van der Waals surface area contributed by atoms with E-state index in [1.54, 1.807) is 56.8 Å². The van der Waals surface area contributed by atoms with Crippen LogP contribution in [0.25, 0.3) is 22.3 Å². The van der Waals surface area contributed by atoms with Gasteiger partial charge in [0, 0.05) is 58.5 Å². The molecule has 0 aliphatic rings. The molecule has 18 heteroatoms. The highest BCUT2D eigenvalue weighted by molar-refractivity contribution is 7.14. The Kier molecular flexibility index (Phi) is 16.9. The number of carboxylic acid groups (broad SMARTS) is 1. The van der Waals surface area contributed by atoms with Crippen molar-refractivity contribution in [1.29, 1.82) is 0 Å². The van der Waals surface area contributed by atoms with Crippen molar-refractivity contribution in [3.8, 4) is 22.3 Å². The number of carbonyl (C=O) groups excluding carboxylic acids is 5. The zero-order valence-corrected chi connectivity index (χ0v) is 42.4. The van der Waals surface area contributed by atoms with E-state index in [2.05, 4.69) is 31.2 Å². The molecule has 4 aromatic carbocycles. The van der Waals surface area contributed by atoms with E-state index in [1.807, 2.05) is 41.5 Å². The van der Waals surface area contributed by atoms with Gasteiger partial charge < -0.3 is 20.5 Å². The molecule has 0 spiro atoms. The quantitative estimate of drug-likeness (QED) is 0.0733. The summed E-state index contributed by atoms with van der Waals surface area (Å²) < 4.78 is 34.9. The summed E-state index contributed by atoms with van der Waals surface area (Å²) in [4.78, 5) is 84.3. The predicted octanol–water partition coefficient (Wildman–Crippen LogP) is 11.2. The minimum absolute atomic E-state index is 0.0197. The lowest BCUT2D eigenvalue weighted by Crippen LogP contribution is -2.32. The number of hydrogen-bond donors (Lipinski definition) is 5. The number of aromatic nitrogens is 2. The zero-order chi connectivity index (χ0) is 51.9. The van der Waals surface area contributed by atoms with Gasteiger partial charge >= 0.3 is 11.9 Å². The van der Waals surface area contributed by atoms with Crippen LogP contribution in [0.15, 0.2) is 83.8 Å². The Labute approximate surface area is 413 Å². The second kappa shape index (κ2) is 22.1. The Morgan fingerprint density at radius 2 is 0.957 bits per heavy atom. The first-order chi connectivity index (χ1) is 32.6. The van der Waals surface area contributed by atoms with Gasteiger partial charge in [-0.3, -0.25) is 29.8 Å². The Morgan fingerprint density at radius 1 is 0.557 bits per heavy atom. The largest absolute Gasteiger partial charge is 0.478 e. The van der Waals surface area contributed by atoms with Gasteiger partial charge in [0.25, 0.3) is 23.6 Å². The van der Waals surface area contributed by atoms with Crippen LogP contribution in [0.4, 0.5) is 19.0 Å². The number of thiazole rings is 2. The van der Waals surface area contributed by atoms with E-state index < -0.39 is 41.0 Å². The van der Waals surface area contributed by atoms with Gasteiger partial charge in [0.15, 0.2) is 10.3 Å². The number of esters is 1. The van der Waals surface area contributed by atoms with E-state index in [4.69, 9.17) is 4.74 Å². The molecule has 70 heavy (non-hydrogen) atoms. The second-order valence-corrected chi connectivity index (χ2v) is 21.4. The summed E-state index contributed by atoms with van der Waals surface area (Å²) in [6, 6.07) is 14.0. The molecule has 0 saturated heterocycles. The molecule has 0 radical (unpaired) electrons. The van der Waals surface area contributed by atoms with Gasteiger partial charge in [-0.1, -0.05) is 53.7 Å². The Balaban J connectivity index is 0.000000262. The number of halogens is 2. The third-order valence-electron chi connectivity index (χ3n) is 10.1. The van der Waals surface area contributed by atoms with Crippen molar-refractivity contribution in [2.45, 2.75) is 81.8 Å². The Hall–Kier alpha value is -7.18. The fraction of sp³-hybridized carbons (Fsp3) is 0.308. The van der Waals surface area contributed by atoms with Crippen LogP contribution in [0.5, 0.6) is 0 Å². The van der Waals surface area contributed by atoms with Gasteiger partial charge in [0.1, 0.15) is 17.2 Å². The van der Waals surface area contributed by atoms with Crippen LogP contribution in [0.3, 0.4) is 0 Å². The van der Waals surface area contributed by atoms with Crippen LogP contribution in [0.2, 0.25) is 0 Å². The maximum atomic E-state index is 15.0. The van der Waals surface area contributed by atoms with Gasteiger partial charge in [-0.15, -0.1) is 22.7 Å². The topological polar surface area (TPSA) is 206 Å². The molecule has 6 aromatic rings. The number of ether oxygens (including phenoxy) is 1.